The molecule has 4 heteroatoms. The van der Waals surface area contributed by atoms with E-state index in [-0.39, 0.29) is 0 Å². The molecule has 4 rings (SSSR count). The molecule has 0 spiro atoms. The van der Waals surface area contributed by atoms with Crippen LogP contribution >= 0.6 is 11.6 Å². The molecule has 1 saturated carbocycles. The summed E-state index contributed by atoms with van der Waals surface area (Å²) < 4.78 is 0. The summed E-state index contributed by atoms with van der Waals surface area (Å²) in [6.45, 7) is 8.62. The fraction of sp³-hybridized carbons (Fsp3) is 0.727. The van der Waals surface area contributed by atoms with Gasteiger partial charge in [-0.15, -0.1) is 0 Å². The number of piperidine rings is 1. The largest absolute Gasteiger partial charge is 0.369 e. The molecule has 2 heterocycles. The lowest BCUT2D eigenvalue weighted by Gasteiger charge is -2.44. The van der Waals surface area contributed by atoms with Crippen LogP contribution in [-0.4, -0.2) is 61.7 Å². The van der Waals surface area contributed by atoms with E-state index in [0.717, 1.165) is 30.1 Å². The van der Waals surface area contributed by atoms with E-state index in [4.69, 9.17) is 11.6 Å². The van der Waals surface area contributed by atoms with Gasteiger partial charge in [0, 0.05) is 56.0 Å². The van der Waals surface area contributed by atoms with E-state index in [9.17, 15) is 0 Å². The Labute approximate surface area is 164 Å². The highest BCUT2D eigenvalue weighted by atomic mass is 35.5. The van der Waals surface area contributed by atoms with Crippen LogP contribution in [0, 0.1) is 5.92 Å². The standard InChI is InChI=1S/C22H34ClN3/c23-20-8-4-9-21(16-20)25-12-14-26(15-13-25)22-10-5-11-24(18-22)17-19-6-2-1-3-7-19/h4,8-9,16,19,22H,1-3,5-7,10-15,17-18H2. The average molecular weight is 376 g/mol. The molecule has 3 aliphatic rings. The molecule has 3 nitrogen and oxygen atoms in total. The molecule has 2 aliphatic heterocycles. The van der Waals surface area contributed by atoms with Crippen LogP contribution in [0.2, 0.25) is 5.02 Å². The number of nitrogens with zero attached hydrogens (tertiary/aromatic N) is 3. The minimum atomic E-state index is 0.772. The first-order chi connectivity index (χ1) is 12.8. The van der Waals surface area contributed by atoms with Crippen molar-refractivity contribution in [3.63, 3.8) is 0 Å². The lowest BCUT2D eigenvalue weighted by molar-refractivity contribution is 0.0787. The lowest BCUT2D eigenvalue weighted by Crippen LogP contribution is -2.55. The normalized spacial score (nSPS) is 27.0. The van der Waals surface area contributed by atoms with Crippen molar-refractivity contribution in [2.75, 3.05) is 50.7 Å². The van der Waals surface area contributed by atoms with E-state index >= 15 is 0 Å². The molecule has 2 saturated heterocycles. The lowest BCUT2D eigenvalue weighted by atomic mass is 9.88. The van der Waals surface area contributed by atoms with Gasteiger partial charge in [-0.05, 0) is 56.3 Å². The molecule has 1 aromatic carbocycles. The highest BCUT2D eigenvalue weighted by Gasteiger charge is 2.29. The monoisotopic (exact) mass is 375 g/mol. The maximum absolute atomic E-state index is 6.17. The van der Waals surface area contributed by atoms with Gasteiger partial charge in [-0.25, -0.2) is 0 Å². The van der Waals surface area contributed by atoms with Crippen molar-refractivity contribution in [2.45, 2.75) is 51.0 Å². The number of piperazine rings is 1. The molecule has 0 amide bonds. The predicted molar refractivity (Wildman–Crippen MR) is 111 cm³/mol. The van der Waals surface area contributed by atoms with E-state index in [1.807, 2.05) is 6.07 Å². The second kappa shape index (κ2) is 8.95. The Morgan fingerprint density at radius 1 is 0.885 bits per heavy atom. The summed E-state index contributed by atoms with van der Waals surface area (Å²) in [5.41, 5.74) is 1.28. The molecule has 0 radical (unpaired) electrons. The zero-order valence-corrected chi connectivity index (χ0v) is 16.8. The predicted octanol–water partition coefficient (Wildman–Crippen LogP) is 4.51. The van der Waals surface area contributed by atoms with Gasteiger partial charge >= 0.3 is 0 Å². The van der Waals surface area contributed by atoms with Crippen molar-refractivity contribution in [3.05, 3.63) is 29.3 Å². The smallest absolute Gasteiger partial charge is 0.0426 e. The van der Waals surface area contributed by atoms with E-state index in [2.05, 4.69) is 32.9 Å². The Kier molecular flexibility index (Phi) is 6.40. The van der Waals surface area contributed by atoms with Gasteiger partial charge in [-0.3, -0.25) is 4.90 Å². The summed E-state index contributed by atoms with van der Waals surface area (Å²) in [4.78, 5) is 8.03. The van der Waals surface area contributed by atoms with Crippen molar-refractivity contribution in [1.29, 1.82) is 0 Å². The zero-order chi connectivity index (χ0) is 17.8. The Hall–Kier alpha value is -0.770. The fourth-order valence-electron chi connectivity index (χ4n) is 5.25. The van der Waals surface area contributed by atoms with Gasteiger partial charge in [-0.2, -0.15) is 0 Å². The van der Waals surface area contributed by atoms with E-state index in [1.54, 1.807) is 0 Å². The second-order valence-corrected chi connectivity index (χ2v) is 9.00. The highest BCUT2D eigenvalue weighted by Crippen LogP contribution is 2.27. The zero-order valence-electron chi connectivity index (χ0n) is 16.1. The third kappa shape index (κ3) is 4.74. The van der Waals surface area contributed by atoms with Crippen LogP contribution in [0.5, 0.6) is 0 Å². The number of benzene rings is 1. The Morgan fingerprint density at radius 3 is 2.46 bits per heavy atom. The van der Waals surface area contributed by atoms with Gasteiger partial charge in [0.25, 0.3) is 0 Å². The van der Waals surface area contributed by atoms with Crippen LogP contribution in [-0.2, 0) is 0 Å². The first kappa shape index (κ1) is 18.6. The molecule has 1 atom stereocenters. The molecule has 0 bridgehead atoms. The van der Waals surface area contributed by atoms with Gasteiger partial charge in [0.1, 0.15) is 0 Å². The first-order valence-electron chi connectivity index (χ1n) is 10.7. The maximum atomic E-state index is 6.17. The van der Waals surface area contributed by atoms with Crippen LogP contribution in [0.15, 0.2) is 24.3 Å². The summed E-state index contributed by atoms with van der Waals surface area (Å²) >= 11 is 6.17. The topological polar surface area (TPSA) is 9.72 Å². The van der Waals surface area contributed by atoms with Crippen LogP contribution in [0.25, 0.3) is 0 Å². The molecular formula is C22H34ClN3. The Bertz CT molecular complexity index is 564. The number of hydrogen-bond donors (Lipinski definition) is 0. The SMILES string of the molecule is Clc1cccc(N2CCN(C3CCCN(CC4CCCCC4)C3)CC2)c1. The number of likely N-dealkylation sites (tertiary alicyclic amines) is 1. The van der Waals surface area contributed by atoms with Crippen molar-refractivity contribution >= 4 is 17.3 Å². The van der Waals surface area contributed by atoms with Crippen molar-refractivity contribution < 1.29 is 0 Å². The quantitative estimate of drug-likeness (QED) is 0.766. The average Bonchev–Trinajstić information content (AvgIpc) is 2.69. The van der Waals surface area contributed by atoms with Gasteiger partial charge < -0.3 is 9.80 Å². The summed E-state index contributed by atoms with van der Waals surface area (Å²) in [7, 11) is 0. The number of anilines is 1. The van der Waals surface area contributed by atoms with Crippen molar-refractivity contribution in [2.24, 2.45) is 5.92 Å². The third-order valence-corrected chi connectivity index (χ3v) is 6.96. The molecule has 1 aromatic rings. The van der Waals surface area contributed by atoms with Gasteiger partial charge in [-0.1, -0.05) is 36.9 Å². The van der Waals surface area contributed by atoms with E-state index < -0.39 is 0 Å². The minimum absolute atomic E-state index is 0.772. The van der Waals surface area contributed by atoms with Crippen LogP contribution < -0.4 is 4.90 Å². The minimum Gasteiger partial charge on any atom is -0.369 e. The van der Waals surface area contributed by atoms with Crippen molar-refractivity contribution in [1.82, 2.24) is 9.80 Å². The number of hydrogen-bond acceptors (Lipinski definition) is 3. The fourth-order valence-corrected chi connectivity index (χ4v) is 5.43. The van der Waals surface area contributed by atoms with E-state index in [0.29, 0.717) is 0 Å². The molecule has 1 unspecified atom stereocenters. The van der Waals surface area contributed by atoms with Gasteiger partial charge in [0.15, 0.2) is 0 Å². The molecule has 3 fully saturated rings. The maximum Gasteiger partial charge on any atom is 0.0426 e. The third-order valence-electron chi connectivity index (χ3n) is 6.73. The second-order valence-electron chi connectivity index (χ2n) is 8.56. The summed E-state index contributed by atoms with van der Waals surface area (Å²) in [6, 6.07) is 9.09. The van der Waals surface area contributed by atoms with Crippen LogP contribution in [0.1, 0.15) is 44.9 Å². The first-order valence-corrected chi connectivity index (χ1v) is 11.1. The van der Waals surface area contributed by atoms with Crippen molar-refractivity contribution in [3.8, 4) is 0 Å². The molecular weight excluding hydrogens is 342 g/mol. The summed E-state index contributed by atoms with van der Waals surface area (Å²) in [5.74, 6) is 0.974. The Morgan fingerprint density at radius 2 is 1.69 bits per heavy atom. The highest BCUT2D eigenvalue weighted by molar-refractivity contribution is 6.30. The van der Waals surface area contributed by atoms with Crippen LogP contribution in [0.4, 0.5) is 5.69 Å². The molecule has 144 valence electrons. The number of halogens is 1. The summed E-state index contributed by atoms with van der Waals surface area (Å²) in [5, 5.41) is 0.843. The number of rotatable bonds is 4. The molecule has 26 heavy (non-hydrogen) atoms. The summed E-state index contributed by atoms with van der Waals surface area (Å²) in [6.07, 6.45) is 10.1. The Balaban J connectivity index is 1.27. The van der Waals surface area contributed by atoms with E-state index in [1.165, 1.54) is 83.4 Å². The van der Waals surface area contributed by atoms with Gasteiger partial charge in [0.2, 0.25) is 0 Å². The van der Waals surface area contributed by atoms with Crippen LogP contribution in [0.3, 0.4) is 0 Å². The molecule has 1 aliphatic carbocycles. The molecule has 0 aromatic heterocycles. The molecule has 0 N–H and O–H groups in total. The van der Waals surface area contributed by atoms with Gasteiger partial charge in [0.05, 0.1) is 0 Å².